The molecule has 152 valence electrons. The maximum atomic E-state index is 12.8. The van der Waals surface area contributed by atoms with Gasteiger partial charge in [-0.25, -0.2) is 13.6 Å². The molecule has 2 N–H and O–H groups in total. The van der Waals surface area contributed by atoms with Gasteiger partial charge in [0, 0.05) is 11.4 Å². The number of carbonyl (C=O) groups excluding carboxylic acids is 1. The van der Waals surface area contributed by atoms with Crippen LogP contribution in [0.25, 0.3) is 0 Å². The molecule has 0 saturated carbocycles. The Bertz CT molecular complexity index is 792. The van der Waals surface area contributed by atoms with Gasteiger partial charge in [-0.2, -0.15) is 26.3 Å². The van der Waals surface area contributed by atoms with Crippen molar-refractivity contribution in [2.75, 3.05) is 10.6 Å². The van der Waals surface area contributed by atoms with Crippen LogP contribution >= 0.6 is 0 Å². The van der Waals surface area contributed by atoms with Crippen LogP contribution in [0.1, 0.15) is 22.3 Å². The van der Waals surface area contributed by atoms with E-state index in [0.29, 0.717) is 24.3 Å². The summed E-state index contributed by atoms with van der Waals surface area (Å²) in [5, 5.41) is 3.96. The zero-order valence-corrected chi connectivity index (χ0v) is 13.8. The van der Waals surface area contributed by atoms with Gasteiger partial charge in [-0.15, -0.1) is 0 Å². The van der Waals surface area contributed by atoms with Crippen molar-refractivity contribution in [2.24, 2.45) is 0 Å². The molecule has 2 rings (SSSR count). The highest BCUT2D eigenvalue weighted by molar-refractivity contribution is 6.00. The highest BCUT2D eigenvalue weighted by Crippen LogP contribution is 2.33. The van der Waals surface area contributed by atoms with Crippen molar-refractivity contribution < 1.29 is 39.9 Å². The second kappa shape index (κ2) is 8.03. The van der Waals surface area contributed by atoms with E-state index in [2.05, 4.69) is 0 Å². The quantitative estimate of drug-likeness (QED) is 0.568. The van der Waals surface area contributed by atoms with E-state index < -0.39 is 54.2 Å². The van der Waals surface area contributed by atoms with E-state index in [1.165, 1.54) is 0 Å². The molecule has 0 atom stereocenters. The van der Waals surface area contributed by atoms with Gasteiger partial charge in [0.1, 0.15) is 13.3 Å². The number of anilines is 2. The van der Waals surface area contributed by atoms with Crippen LogP contribution in [0.15, 0.2) is 36.4 Å². The first-order valence-electron chi connectivity index (χ1n) is 7.54. The minimum Gasteiger partial charge on any atom is -0.308 e. The zero-order valence-electron chi connectivity index (χ0n) is 13.8. The fourth-order valence-electron chi connectivity index (χ4n) is 2.30. The smallest absolute Gasteiger partial charge is 0.308 e. The van der Waals surface area contributed by atoms with Crippen LogP contribution < -0.4 is 10.6 Å². The molecular weight excluding hydrogens is 400 g/mol. The van der Waals surface area contributed by atoms with Crippen LogP contribution in [0, 0.1) is 0 Å². The number of rotatable bonds is 4. The molecule has 2 aromatic carbocycles. The first-order chi connectivity index (χ1) is 12.9. The fourth-order valence-corrected chi connectivity index (χ4v) is 2.30. The summed E-state index contributed by atoms with van der Waals surface area (Å²) in [6.45, 7) is -2.46. The Labute approximate surface area is 153 Å². The number of halogens is 8. The molecule has 0 aliphatic heterocycles. The van der Waals surface area contributed by atoms with E-state index >= 15 is 0 Å². The maximum Gasteiger partial charge on any atom is 0.416 e. The Morgan fingerprint density at radius 3 is 1.32 bits per heavy atom. The molecule has 0 bridgehead atoms. The fraction of sp³-hybridized carbons (Fsp3) is 0.235. The minimum atomic E-state index is -4.80. The van der Waals surface area contributed by atoms with Crippen molar-refractivity contribution in [3.05, 3.63) is 58.7 Å². The van der Waals surface area contributed by atoms with Crippen molar-refractivity contribution in [1.29, 1.82) is 0 Å². The lowest BCUT2D eigenvalue weighted by atomic mass is 10.1. The molecule has 11 heteroatoms. The van der Waals surface area contributed by atoms with Gasteiger partial charge in [0.05, 0.1) is 11.1 Å². The number of alkyl halides is 8. The summed E-state index contributed by atoms with van der Waals surface area (Å²) in [6.07, 6.45) is -9.59. The van der Waals surface area contributed by atoms with E-state index in [1.54, 1.807) is 0 Å². The summed E-state index contributed by atoms with van der Waals surface area (Å²) in [6, 6.07) is 2.89. The van der Waals surface area contributed by atoms with E-state index in [9.17, 15) is 39.9 Å². The van der Waals surface area contributed by atoms with E-state index in [0.717, 1.165) is 12.1 Å². The van der Waals surface area contributed by atoms with Crippen LogP contribution in [0.5, 0.6) is 0 Å². The normalized spacial score (nSPS) is 12.0. The van der Waals surface area contributed by atoms with Gasteiger partial charge in [-0.1, -0.05) is 0 Å². The number of amides is 2. The third-order valence-corrected chi connectivity index (χ3v) is 3.46. The average molecular weight is 412 g/mol. The summed E-state index contributed by atoms with van der Waals surface area (Å²) in [7, 11) is 0. The van der Waals surface area contributed by atoms with E-state index in [-0.39, 0.29) is 11.1 Å². The second-order valence-electron chi connectivity index (χ2n) is 5.68. The van der Waals surface area contributed by atoms with Crippen molar-refractivity contribution in [1.82, 2.24) is 0 Å². The molecule has 0 unspecified atom stereocenters. The number of hydrogen-bond donors (Lipinski definition) is 2. The summed E-state index contributed by atoms with van der Waals surface area (Å²) in [5.41, 5.74) is -3.98. The minimum absolute atomic E-state index is 0.357. The number of hydrogen-bond acceptors (Lipinski definition) is 1. The number of benzene rings is 2. The molecule has 3 nitrogen and oxygen atoms in total. The van der Waals surface area contributed by atoms with Crippen molar-refractivity contribution >= 4 is 17.4 Å². The van der Waals surface area contributed by atoms with Crippen LogP contribution in [0.2, 0.25) is 0 Å². The third-order valence-electron chi connectivity index (χ3n) is 3.46. The van der Waals surface area contributed by atoms with Gasteiger partial charge in [-0.05, 0) is 47.5 Å². The van der Waals surface area contributed by atoms with Crippen molar-refractivity contribution in [3.63, 3.8) is 0 Å². The van der Waals surface area contributed by atoms with Crippen LogP contribution in [-0.2, 0) is 25.7 Å². The molecule has 0 saturated heterocycles. The van der Waals surface area contributed by atoms with Gasteiger partial charge >= 0.3 is 18.4 Å². The summed E-state index contributed by atoms with van der Waals surface area (Å²) in [4.78, 5) is 11.9. The van der Waals surface area contributed by atoms with E-state index in [4.69, 9.17) is 0 Å². The Balaban J connectivity index is 2.25. The summed E-state index contributed by atoms with van der Waals surface area (Å²) in [5.74, 6) is 0. The highest BCUT2D eigenvalue weighted by Gasteiger charge is 2.32. The van der Waals surface area contributed by atoms with Gasteiger partial charge < -0.3 is 10.6 Å². The lowest BCUT2D eigenvalue weighted by Crippen LogP contribution is -2.20. The Morgan fingerprint density at radius 2 is 1.04 bits per heavy atom. The van der Waals surface area contributed by atoms with Crippen molar-refractivity contribution in [3.8, 4) is 0 Å². The molecule has 0 heterocycles. The number of urea groups is 1. The van der Waals surface area contributed by atoms with Crippen LogP contribution in [0.4, 0.5) is 51.3 Å². The number of carbonyl (C=O) groups is 1. The molecule has 2 aromatic rings. The third kappa shape index (κ3) is 5.57. The predicted octanol–water partition coefficient (Wildman–Crippen LogP) is 6.31. The molecule has 0 aromatic heterocycles. The van der Waals surface area contributed by atoms with Gasteiger partial charge in [0.25, 0.3) is 0 Å². The Hall–Kier alpha value is -2.85. The van der Waals surface area contributed by atoms with Gasteiger partial charge in [0.15, 0.2) is 0 Å². The molecule has 0 aliphatic carbocycles. The lowest BCUT2D eigenvalue weighted by molar-refractivity contribution is -0.138. The number of nitrogens with one attached hydrogen (secondary N) is 2. The predicted molar refractivity (Wildman–Crippen MR) is 85.2 cm³/mol. The molecular formula is C17H12F8N2O. The van der Waals surface area contributed by atoms with Gasteiger partial charge in [-0.3, -0.25) is 0 Å². The Kier molecular flexibility index (Phi) is 6.15. The first-order valence-corrected chi connectivity index (χ1v) is 7.54. The molecule has 2 amide bonds. The summed E-state index contributed by atoms with van der Waals surface area (Å²) < 4.78 is 102. The summed E-state index contributed by atoms with van der Waals surface area (Å²) >= 11 is 0. The van der Waals surface area contributed by atoms with Crippen LogP contribution in [0.3, 0.4) is 0 Å². The SMILES string of the molecule is O=C(Nc1cc(CF)cc(C(F)(F)F)c1)Nc1cc(CF)cc(C(F)(F)F)c1. The van der Waals surface area contributed by atoms with E-state index in [1.807, 2.05) is 10.6 Å². The molecule has 0 fully saturated rings. The van der Waals surface area contributed by atoms with Crippen molar-refractivity contribution in [2.45, 2.75) is 25.7 Å². The molecule has 28 heavy (non-hydrogen) atoms. The first kappa shape index (κ1) is 21.5. The molecule has 0 aliphatic rings. The molecule has 0 spiro atoms. The Morgan fingerprint density at radius 1 is 0.679 bits per heavy atom. The average Bonchev–Trinajstić information content (AvgIpc) is 2.59. The monoisotopic (exact) mass is 412 g/mol. The second-order valence-corrected chi connectivity index (χ2v) is 5.68. The lowest BCUT2D eigenvalue weighted by Gasteiger charge is -2.14. The zero-order chi connectivity index (χ0) is 21.1. The topological polar surface area (TPSA) is 41.1 Å². The van der Waals surface area contributed by atoms with Gasteiger partial charge in [0.2, 0.25) is 0 Å². The standard InChI is InChI=1S/C17H12F8N2O/c18-7-9-1-11(16(20,21)22)5-13(3-9)26-15(28)27-14-4-10(8-19)2-12(6-14)17(23,24)25/h1-6H,7-8H2,(H2,26,27,28). The highest BCUT2D eigenvalue weighted by atomic mass is 19.4. The largest absolute Gasteiger partial charge is 0.416 e. The van der Waals surface area contributed by atoms with Crippen LogP contribution in [-0.4, -0.2) is 6.03 Å². The molecule has 0 radical (unpaired) electrons. The maximum absolute atomic E-state index is 12.8.